The third kappa shape index (κ3) is 2.37. The maximum atomic E-state index is 13.6. The first-order valence-electron chi connectivity index (χ1n) is 4.97. The van der Waals surface area contributed by atoms with Crippen LogP contribution in [0.2, 0.25) is 0 Å². The summed E-state index contributed by atoms with van der Waals surface area (Å²) < 4.78 is 27.5. The van der Waals surface area contributed by atoms with Crippen molar-refractivity contribution in [3.63, 3.8) is 0 Å². The maximum Gasteiger partial charge on any atom is 0.130 e. The van der Waals surface area contributed by atoms with Gasteiger partial charge in [0.05, 0.1) is 0 Å². The Morgan fingerprint density at radius 3 is 2.24 bits per heavy atom. The van der Waals surface area contributed by atoms with Crippen LogP contribution >= 0.6 is 15.9 Å². The van der Waals surface area contributed by atoms with Gasteiger partial charge in [-0.05, 0) is 18.2 Å². The summed E-state index contributed by atoms with van der Waals surface area (Å²) in [6.45, 7) is 0. The average Bonchev–Trinajstić information content (AvgIpc) is 2.29. The van der Waals surface area contributed by atoms with E-state index in [0.717, 1.165) is 0 Å². The molecule has 0 spiro atoms. The molecule has 1 atom stereocenters. The minimum Gasteiger partial charge on any atom is -0.383 e. The van der Waals surface area contributed by atoms with Crippen LogP contribution < -0.4 is 0 Å². The van der Waals surface area contributed by atoms with Gasteiger partial charge in [0, 0.05) is 15.6 Å². The number of rotatable bonds is 2. The molecule has 17 heavy (non-hydrogen) atoms. The van der Waals surface area contributed by atoms with E-state index in [0.29, 0.717) is 4.47 Å². The fourth-order valence-corrected chi connectivity index (χ4v) is 2.18. The molecule has 1 nitrogen and oxygen atoms in total. The average molecular weight is 299 g/mol. The van der Waals surface area contributed by atoms with Gasteiger partial charge in [-0.25, -0.2) is 8.78 Å². The molecule has 0 aliphatic heterocycles. The van der Waals surface area contributed by atoms with Crippen molar-refractivity contribution in [3.8, 4) is 0 Å². The van der Waals surface area contributed by atoms with E-state index in [4.69, 9.17) is 0 Å². The first-order chi connectivity index (χ1) is 8.11. The lowest BCUT2D eigenvalue weighted by Gasteiger charge is -2.14. The molecular weight excluding hydrogens is 290 g/mol. The van der Waals surface area contributed by atoms with Crippen molar-refractivity contribution in [2.75, 3.05) is 0 Å². The monoisotopic (exact) mass is 298 g/mol. The van der Waals surface area contributed by atoms with Crippen LogP contribution in [0.15, 0.2) is 46.9 Å². The summed E-state index contributed by atoms with van der Waals surface area (Å²) in [5, 5.41) is 10.0. The SMILES string of the molecule is OC(c1ccccc1F)c1c(F)cccc1Br. The minimum absolute atomic E-state index is 0.0394. The van der Waals surface area contributed by atoms with Gasteiger partial charge < -0.3 is 5.11 Å². The molecule has 2 aromatic rings. The van der Waals surface area contributed by atoms with Crippen molar-refractivity contribution in [2.24, 2.45) is 0 Å². The van der Waals surface area contributed by atoms with E-state index in [1.165, 1.54) is 30.3 Å². The Morgan fingerprint density at radius 1 is 0.941 bits per heavy atom. The summed E-state index contributed by atoms with van der Waals surface area (Å²) in [6, 6.07) is 10.1. The minimum atomic E-state index is -1.33. The number of hydrogen-bond donors (Lipinski definition) is 1. The van der Waals surface area contributed by atoms with Crippen LogP contribution in [0.5, 0.6) is 0 Å². The van der Waals surface area contributed by atoms with E-state index >= 15 is 0 Å². The largest absolute Gasteiger partial charge is 0.383 e. The van der Waals surface area contributed by atoms with Crippen LogP contribution in [0, 0.1) is 11.6 Å². The first-order valence-corrected chi connectivity index (χ1v) is 5.77. The topological polar surface area (TPSA) is 20.2 Å². The summed E-state index contributed by atoms with van der Waals surface area (Å²) in [4.78, 5) is 0. The van der Waals surface area contributed by atoms with Gasteiger partial charge in [0.25, 0.3) is 0 Å². The predicted molar refractivity (Wildman–Crippen MR) is 64.6 cm³/mol. The Morgan fingerprint density at radius 2 is 1.59 bits per heavy atom. The van der Waals surface area contributed by atoms with Crippen LogP contribution in [-0.2, 0) is 0 Å². The number of hydrogen-bond acceptors (Lipinski definition) is 1. The van der Waals surface area contributed by atoms with Gasteiger partial charge in [-0.1, -0.05) is 40.2 Å². The smallest absolute Gasteiger partial charge is 0.130 e. The summed E-state index contributed by atoms with van der Waals surface area (Å²) in [5.74, 6) is -1.13. The highest BCUT2D eigenvalue weighted by molar-refractivity contribution is 9.10. The number of benzene rings is 2. The lowest BCUT2D eigenvalue weighted by atomic mass is 10.0. The van der Waals surface area contributed by atoms with Gasteiger partial charge in [-0.15, -0.1) is 0 Å². The molecule has 0 saturated heterocycles. The van der Waals surface area contributed by atoms with Crippen LogP contribution in [-0.4, -0.2) is 5.11 Å². The summed E-state index contributed by atoms with van der Waals surface area (Å²) >= 11 is 3.15. The van der Waals surface area contributed by atoms with Gasteiger partial charge in [0.2, 0.25) is 0 Å². The third-order valence-corrected chi connectivity index (χ3v) is 3.16. The van der Waals surface area contributed by atoms with Gasteiger partial charge >= 0.3 is 0 Å². The fourth-order valence-electron chi connectivity index (χ4n) is 1.62. The Balaban J connectivity index is 2.51. The van der Waals surface area contributed by atoms with E-state index in [1.807, 2.05) is 0 Å². The Kier molecular flexibility index (Phi) is 3.54. The van der Waals surface area contributed by atoms with Crippen molar-refractivity contribution >= 4 is 15.9 Å². The number of aliphatic hydroxyl groups is 1. The highest BCUT2D eigenvalue weighted by Gasteiger charge is 2.20. The van der Waals surface area contributed by atoms with Crippen LogP contribution in [0.1, 0.15) is 17.2 Å². The lowest BCUT2D eigenvalue weighted by molar-refractivity contribution is 0.209. The Bertz CT molecular complexity index is 522. The van der Waals surface area contributed by atoms with E-state index in [9.17, 15) is 13.9 Å². The Labute approximate surface area is 106 Å². The van der Waals surface area contributed by atoms with Gasteiger partial charge in [0.1, 0.15) is 17.7 Å². The number of halogens is 3. The van der Waals surface area contributed by atoms with E-state index in [1.54, 1.807) is 12.1 Å². The van der Waals surface area contributed by atoms with Gasteiger partial charge in [-0.2, -0.15) is 0 Å². The first kappa shape index (κ1) is 12.2. The normalized spacial score (nSPS) is 12.5. The second-order valence-corrected chi connectivity index (χ2v) is 4.41. The second-order valence-electron chi connectivity index (χ2n) is 3.56. The van der Waals surface area contributed by atoms with Crippen molar-refractivity contribution in [3.05, 3.63) is 69.7 Å². The standard InChI is InChI=1S/C13H9BrF2O/c14-9-5-3-7-11(16)12(9)13(17)8-4-1-2-6-10(8)15/h1-7,13,17H. The maximum absolute atomic E-state index is 13.6. The zero-order valence-corrected chi connectivity index (χ0v) is 10.3. The number of aliphatic hydroxyl groups excluding tert-OH is 1. The van der Waals surface area contributed by atoms with Crippen LogP contribution in [0.3, 0.4) is 0 Å². The molecule has 0 bridgehead atoms. The molecular formula is C13H9BrF2O. The molecule has 0 fully saturated rings. The highest BCUT2D eigenvalue weighted by atomic mass is 79.9. The molecule has 0 amide bonds. The van der Waals surface area contributed by atoms with E-state index in [2.05, 4.69) is 15.9 Å². The predicted octanol–water partition coefficient (Wildman–Crippen LogP) is 3.81. The molecule has 1 N–H and O–H groups in total. The lowest BCUT2D eigenvalue weighted by Crippen LogP contribution is -2.05. The van der Waals surface area contributed by atoms with Crippen molar-refractivity contribution in [2.45, 2.75) is 6.10 Å². The highest BCUT2D eigenvalue weighted by Crippen LogP contribution is 2.31. The molecule has 4 heteroatoms. The van der Waals surface area contributed by atoms with Crippen LogP contribution in [0.25, 0.3) is 0 Å². The molecule has 0 aliphatic carbocycles. The van der Waals surface area contributed by atoms with Crippen molar-refractivity contribution in [1.82, 2.24) is 0 Å². The third-order valence-electron chi connectivity index (χ3n) is 2.47. The van der Waals surface area contributed by atoms with Gasteiger partial charge in [-0.3, -0.25) is 0 Å². The molecule has 0 heterocycles. The molecule has 0 aromatic heterocycles. The second kappa shape index (κ2) is 4.94. The zero-order valence-electron chi connectivity index (χ0n) is 8.70. The molecule has 0 radical (unpaired) electrons. The quantitative estimate of drug-likeness (QED) is 0.894. The fraction of sp³-hybridized carbons (Fsp3) is 0.0769. The molecule has 2 aromatic carbocycles. The zero-order chi connectivity index (χ0) is 12.4. The summed E-state index contributed by atoms with van der Waals surface area (Å²) in [6.07, 6.45) is -1.33. The molecule has 2 rings (SSSR count). The molecule has 1 unspecified atom stereocenters. The molecule has 0 aliphatic rings. The molecule has 0 saturated carbocycles. The molecule has 88 valence electrons. The van der Waals surface area contributed by atoms with Crippen molar-refractivity contribution < 1.29 is 13.9 Å². The summed E-state index contributed by atoms with van der Waals surface area (Å²) in [5.41, 5.74) is 0.0934. The van der Waals surface area contributed by atoms with Crippen molar-refractivity contribution in [1.29, 1.82) is 0 Å². The van der Waals surface area contributed by atoms with Crippen LogP contribution in [0.4, 0.5) is 8.78 Å². The van der Waals surface area contributed by atoms with Gasteiger partial charge in [0.15, 0.2) is 0 Å². The van der Waals surface area contributed by atoms with E-state index < -0.39 is 17.7 Å². The summed E-state index contributed by atoms with van der Waals surface area (Å²) in [7, 11) is 0. The van der Waals surface area contributed by atoms with E-state index in [-0.39, 0.29) is 11.1 Å². The Hall–Kier alpha value is -1.26.